The summed E-state index contributed by atoms with van der Waals surface area (Å²) < 4.78 is 10.8. The summed E-state index contributed by atoms with van der Waals surface area (Å²) in [4.78, 5) is 21.6. The van der Waals surface area contributed by atoms with Gasteiger partial charge in [-0.2, -0.15) is 0 Å². The maximum absolute atomic E-state index is 12.0. The summed E-state index contributed by atoms with van der Waals surface area (Å²) in [6.07, 6.45) is 3.60. The van der Waals surface area contributed by atoms with Gasteiger partial charge < -0.3 is 14.8 Å². The predicted octanol–water partition coefficient (Wildman–Crippen LogP) is 3.12. The summed E-state index contributed by atoms with van der Waals surface area (Å²) in [5.74, 6) is 1.89. The van der Waals surface area contributed by atoms with Gasteiger partial charge in [0.05, 0.1) is 20.3 Å². The van der Waals surface area contributed by atoms with Crippen molar-refractivity contribution in [2.24, 2.45) is 0 Å². The zero-order valence-electron chi connectivity index (χ0n) is 14.1. The van der Waals surface area contributed by atoms with Crippen LogP contribution in [0.4, 0.5) is 4.79 Å². The summed E-state index contributed by atoms with van der Waals surface area (Å²) in [5, 5.41) is 4.21. The zero-order valence-corrected chi connectivity index (χ0v) is 14.1. The van der Waals surface area contributed by atoms with Crippen LogP contribution < -0.4 is 14.8 Å². The molecule has 1 aromatic carbocycles. The third-order valence-electron chi connectivity index (χ3n) is 3.75. The van der Waals surface area contributed by atoms with Gasteiger partial charge in [0.1, 0.15) is 11.5 Å². The van der Waals surface area contributed by atoms with E-state index < -0.39 is 0 Å². The number of aromatic nitrogens is 1. The van der Waals surface area contributed by atoms with Crippen LogP contribution in [0.5, 0.6) is 17.4 Å². The van der Waals surface area contributed by atoms with E-state index in [4.69, 9.17) is 14.3 Å². The third kappa shape index (κ3) is 4.84. The average molecular weight is 343 g/mol. The summed E-state index contributed by atoms with van der Waals surface area (Å²) in [7, 11) is 1.62. The topological polar surface area (TPSA) is 72.9 Å². The Labute approximate surface area is 146 Å². The van der Waals surface area contributed by atoms with Crippen LogP contribution in [0.3, 0.4) is 0 Å². The maximum atomic E-state index is 12.0. The van der Waals surface area contributed by atoms with Crippen LogP contribution in [-0.4, -0.2) is 36.3 Å². The lowest BCUT2D eigenvalue weighted by molar-refractivity contribution is -0.139. The van der Waals surface area contributed by atoms with Crippen LogP contribution >= 0.6 is 0 Å². The fourth-order valence-corrected chi connectivity index (χ4v) is 2.40. The number of pyridine rings is 1. The van der Waals surface area contributed by atoms with E-state index in [0.29, 0.717) is 31.3 Å². The number of hydroxylamine groups is 2. The number of urea groups is 1. The van der Waals surface area contributed by atoms with Gasteiger partial charge in [0, 0.05) is 18.8 Å². The first-order valence-electron chi connectivity index (χ1n) is 8.20. The smallest absolute Gasteiger partial charge is 0.341 e. The number of ether oxygens (including phenoxy) is 2. The van der Waals surface area contributed by atoms with Gasteiger partial charge in [-0.3, -0.25) is 4.84 Å². The third-order valence-corrected chi connectivity index (χ3v) is 3.75. The van der Waals surface area contributed by atoms with Gasteiger partial charge in [0.15, 0.2) is 0 Å². The average Bonchev–Trinajstić information content (AvgIpc) is 2.68. The molecule has 2 aromatic rings. The summed E-state index contributed by atoms with van der Waals surface area (Å²) in [6.45, 7) is 1.58. The number of amides is 2. The fraction of sp³-hybridized carbons (Fsp3) is 0.333. The van der Waals surface area contributed by atoms with Gasteiger partial charge >= 0.3 is 6.03 Å². The highest BCUT2D eigenvalue weighted by molar-refractivity contribution is 5.73. The number of hydrogen-bond acceptors (Lipinski definition) is 5. The van der Waals surface area contributed by atoms with Gasteiger partial charge in [-0.25, -0.2) is 14.8 Å². The minimum atomic E-state index is -0.228. The van der Waals surface area contributed by atoms with Crippen molar-refractivity contribution < 1.29 is 19.1 Å². The molecule has 0 atom stereocenters. The molecule has 1 aliphatic rings. The molecule has 1 aliphatic heterocycles. The molecular formula is C18H21N3O4. The van der Waals surface area contributed by atoms with E-state index in [0.717, 1.165) is 24.2 Å². The van der Waals surface area contributed by atoms with E-state index in [-0.39, 0.29) is 6.03 Å². The SMILES string of the molecule is COc1ccc(Oc2cc(CNC(=O)N3CCCCO3)ccn2)cc1. The molecule has 0 bridgehead atoms. The Balaban J connectivity index is 1.56. The van der Waals surface area contributed by atoms with Crippen LogP contribution in [0, 0.1) is 0 Å². The number of hydrogen-bond donors (Lipinski definition) is 1. The summed E-state index contributed by atoms with van der Waals surface area (Å²) in [5.41, 5.74) is 0.892. The second-order valence-corrected chi connectivity index (χ2v) is 5.58. The zero-order chi connectivity index (χ0) is 17.5. The molecule has 25 heavy (non-hydrogen) atoms. The van der Waals surface area contributed by atoms with Crippen molar-refractivity contribution in [1.82, 2.24) is 15.4 Å². The lowest BCUT2D eigenvalue weighted by Crippen LogP contribution is -2.42. The van der Waals surface area contributed by atoms with Gasteiger partial charge in [-0.15, -0.1) is 0 Å². The van der Waals surface area contributed by atoms with Gasteiger partial charge in [0.25, 0.3) is 0 Å². The molecule has 1 N–H and O–H groups in total. The summed E-state index contributed by atoms with van der Waals surface area (Å²) >= 11 is 0. The minimum Gasteiger partial charge on any atom is -0.497 e. The van der Waals surface area contributed by atoms with Crippen molar-refractivity contribution in [3.8, 4) is 17.4 Å². The standard InChI is InChI=1S/C18H21N3O4/c1-23-15-4-6-16(7-5-15)25-17-12-14(8-9-19-17)13-20-18(22)21-10-2-3-11-24-21/h4-9,12H,2-3,10-11,13H2,1H3,(H,20,22). The Morgan fingerprint density at radius 1 is 1.24 bits per heavy atom. The van der Waals surface area contributed by atoms with Crippen molar-refractivity contribution in [1.29, 1.82) is 0 Å². The number of nitrogens with zero attached hydrogens (tertiary/aromatic N) is 2. The van der Waals surface area contributed by atoms with E-state index in [1.807, 2.05) is 30.3 Å². The monoisotopic (exact) mass is 343 g/mol. The van der Waals surface area contributed by atoms with Crippen molar-refractivity contribution in [3.05, 3.63) is 48.2 Å². The molecular weight excluding hydrogens is 322 g/mol. The highest BCUT2D eigenvalue weighted by Crippen LogP contribution is 2.22. The van der Waals surface area contributed by atoms with Gasteiger partial charge in [0.2, 0.25) is 5.88 Å². The number of carbonyl (C=O) groups excluding carboxylic acids is 1. The van der Waals surface area contributed by atoms with Crippen molar-refractivity contribution >= 4 is 6.03 Å². The Hall–Kier alpha value is -2.80. The highest BCUT2D eigenvalue weighted by atomic mass is 16.7. The molecule has 1 saturated heterocycles. The summed E-state index contributed by atoms with van der Waals surface area (Å²) in [6, 6.07) is 10.6. The molecule has 2 amide bonds. The molecule has 1 fully saturated rings. The maximum Gasteiger partial charge on any atom is 0.341 e. The predicted molar refractivity (Wildman–Crippen MR) is 91.4 cm³/mol. The molecule has 132 valence electrons. The molecule has 7 heteroatoms. The molecule has 0 aliphatic carbocycles. The highest BCUT2D eigenvalue weighted by Gasteiger charge is 2.17. The van der Waals surface area contributed by atoms with Gasteiger partial charge in [-0.05, 0) is 48.7 Å². The Kier molecular flexibility index (Phi) is 5.69. The van der Waals surface area contributed by atoms with Crippen LogP contribution in [0.25, 0.3) is 0 Å². The fourth-order valence-electron chi connectivity index (χ4n) is 2.40. The van der Waals surface area contributed by atoms with E-state index >= 15 is 0 Å². The molecule has 0 saturated carbocycles. The van der Waals surface area contributed by atoms with Crippen LogP contribution in [-0.2, 0) is 11.4 Å². The largest absolute Gasteiger partial charge is 0.497 e. The number of nitrogens with one attached hydrogen (secondary N) is 1. The molecule has 0 radical (unpaired) electrons. The number of rotatable bonds is 5. The number of benzene rings is 1. The van der Waals surface area contributed by atoms with E-state index in [1.165, 1.54) is 5.06 Å². The Morgan fingerprint density at radius 3 is 2.76 bits per heavy atom. The second-order valence-electron chi connectivity index (χ2n) is 5.58. The normalized spacial score (nSPS) is 14.0. The van der Waals surface area contributed by atoms with E-state index in [9.17, 15) is 4.79 Å². The first-order chi connectivity index (χ1) is 12.2. The van der Waals surface area contributed by atoms with Crippen molar-refractivity contribution in [2.75, 3.05) is 20.3 Å². The molecule has 1 aromatic heterocycles. The molecule has 0 spiro atoms. The molecule has 2 heterocycles. The quantitative estimate of drug-likeness (QED) is 0.903. The lowest BCUT2D eigenvalue weighted by Gasteiger charge is -2.25. The van der Waals surface area contributed by atoms with Crippen molar-refractivity contribution in [3.63, 3.8) is 0 Å². The minimum absolute atomic E-state index is 0.228. The first kappa shape index (κ1) is 17.0. The lowest BCUT2D eigenvalue weighted by atomic mass is 10.2. The van der Waals surface area contributed by atoms with Crippen molar-refractivity contribution in [2.45, 2.75) is 19.4 Å². The Morgan fingerprint density at radius 2 is 2.04 bits per heavy atom. The number of methoxy groups -OCH3 is 1. The molecule has 3 rings (SSSR count). The van der Waals surface area contributed by atoms with E-state index in [1.54, 1.807) is 19.4 Å². The van der Waals surface area contributed by atoms with Crippen LogP contribution in [0.1, 0.15) is 18.4 Å². The molecule has 0 unspecified atom stereocenters. The molecule has 7 nitrogen and oxygen atoms in total. The Bertz CT molecular complexity index is 700. The van der Waals surface area contributed by atoms with E-state index in [2.05, 4.69) is 10.3 Å². The van der Waals surface area contributed by atoms with Gasteiger partial charge in [-0.1, -0.05) is 0 Å². The first-order valence-corrected chi connectivity index (χ1v) is 8.20. The van der Waals surface area contributed by atoms with Crippen LogP contribution in [0.2, 0.25) is 0 Å². The van der Waals surface area contributed by atoms with Crippen LogP contribution in [0.15, 0.2) is 42.6 Å². The second kappa shape index (κ2) is 8.34. The number of carbonyl (C=O) groups is 1.